The van der Waals surface area contributed by atoms with Crippen LogP contribution >= 0.6 is 0 Å². The lowest BCUT2D eigenvalue weighted by Gasteiger charge is -2.04. The third-order valence-corrected chi connectivity index (χ3v) is 1.33. The van der Waals surface area contributed by atoms with Gasteiger partial charge in [0.25, 0.3) is 0 Å². The number of hydrogen-bond acceptors (Lipinski definition) is 5. The van der Waals surface area contributed by atoms with Crippen molar-refractivity contribution in [2.45, 2.75) is 0 Å². The number of carboxylic acid groups (broad SMARTS) is 1. The van der Waals surface area contributed by atoms with Crippen molar-refractivity contribution >= 4 is 23.0 Å². The number of anilines is 1. The first-order valence-electron chi connectivity index (χ1n) is 3.95. The maximum absolute atomic E-state index is 10.1. The minimum Gasteiger partial charge on any atom is -0.750 e. The van der Waals surface area contributed by atoms with E-state index in [1.54, 1.807) is 18.2 Å². The van der Waals surface area contributed by atoms with Gasteiger partial charge in [-0.05, 0) is 12.1 Å². The maximum Gasteiger partial charge on any atom is 0.322 e. The Morgan fingerprint density at radius 1 is 1.44 bits per heavy atom. The van der Waals surface area contributed by atoms with Gasteiger partial charge in [-0.15, -0.1) is 0 Å². The molecule has 0 heterocycles. The largest absolute Gasteiger partial charge is 0.750 e. The van der Waals surface area contributed by atoms with Crippen LogP contribution in [0.1, 0.15) is 0 Å². The van der Waals surface area contributed by atoms with Crippen LogP contribution in [0.2, 0.25) is 0 Å². The third-order valence-electron chi connectivity index (χ3n) is 1.33. The van der Waals surface area contributed by atoms with Crippen LogP contribution in [0.5, 0.6) is 5.75 Å². The van der Waals surface area contributed by atoms with Crippen molar-refractivity contribution in [1.82, 2.24) is 0 Å². The fourth-order valence-electron chi connectivity index (χ4n) is 0.794. The number of carbonyl (C=O) groups is 1. The van der Waals surface area contributed by atoms with E-state index in [1.165, 1.54) is 6.07 Å². The second-order valence-corrected chi connectivity index (χ2v) is 2.92. The number of hydrogen-bond donors (Lipinski definition) is 4. The maximum atomic E-state index is 10.1. The third kappa shape index (κ3) is 7.74. The molecule has 1 aromatic carbocycles. The molecule has 0 saturated heterocycles. The SMILES string of the molecule is O=C(O)CNc1ccccc1O.O=S([O-])O. The number of benzene rings is 1. The molecular formula is C8H10NO6S-. The van der Waals surface area contributed by atoms with Gasteiger partial charge in [0.05, 0.1) is 17.0 Å². The number of nitrogens with one attached hydrogen (secondary N) is 1. The molecule has 0 spiro atoms. The number of phenolic OH excluding ortho intramolecular Hbond substituents is 1. The second-order valence-electron chi connectivity index (χ2n) is 2.48. The van der Waals surface area contributed by atoms with Crippen molar-refractivity contribution in [2.24, 2.45) is 0 Å². The molecule has 1 unspecified atom stereocenters. The van der Waals surface area contributed by atoms with Gasteiger partial charge < -0.3 is 24.6 Å². The summed E-state index contributed by atoms with van der Waals surface area (Å²) in [6.45, 7) is -0.197. The predicted molar refractivity (Wildman–Crippen MR) is 55.8 cm³/mol. The molecule has 16 heavy (non-hydrogen) atoms. The molecule has 1 rings (SSSR count). The van der Waals surface area contributed by atoms with Gasteiger partial charge in [0.15, 0.2) is 0 Å². The topological polar surface area (TPSA) is 130 Å². The summed E-state index contributed by atoms with van der Waals surface area (Å²) < 4.78 is 24.1. The summed E-state index contributed by atoms with van der Waals surface area (Å²) in [5.74, 6) is -0.906. The van der Waals surface area contributed by atoms with Gasteiger partial charge in [-0.2, -0.15) is 0 Å². The fourth-order valence-corrected chi connectivity index (χ4v) is 0.794. The highest BCUT2D eigenvalue weighted by molar-refractivity contribution is 7.73. The highest BCUT2D eigenvalue weighted by Gasteiger charge is 2.00. The summed E-state index contributed by atoms with van der Waals surface area (Å²) in [7, 11) is 0. The van der Waals surface area contributed by atoms with Crippen molar-refractivity contribution in [2.75, 3.05) is 11.9 Å². The van der Waals surface area contributed by atoms with Crippen LogP contribution in [-0.2, 0) is 16.2 Å². The fraction of sp³-hybridized carbons (Fsp3) is 0.125. The van der Waals surface area contributed by atoms with E-state index in [-0.39, 0.29) is 12.3 Å². The van der Waals surface area contributed by atoms with Crippen LogP contribution in [0, 0.1) is 0 Å². The standard InChI is InChI=1S/C8H9NO3.H2O3S/c10-7-4-2-1-3-6(7)9-5-8(11)12;1-4(2)3/h1-4,9-10H,5H2,(H,11,12);(H2,1,2,3)/p-1. The van der Waals surface area contributed by atoms with E-state index in [2.05, 4.69) is 5.32 Å². The molecule has 4 N–H and O–H groups in total. The quantitative estimate of drug-likeness (QED) is 0.444. The van der Waals surface area contributed by atoms with Crippen LogP contribution in [0.25, 0.3) is 0 Å². The molecule has 0 bridgehead atoms. The van der Waals surface area contributed by atoms with Gasteiger partial charge in [0, 0.05) is 0 Å². The van der Waals surface area contributed by atoms with Crippen LogP contribution in [0.3, 0.4) is 0 Å². The Balaban J connectivity index is 0.000000487. The molecule has 0 aliphatic rings. The molecular weight excluding hydrogens is 238 g/mol. The molecule has 7 nitrogen and oxygen atoms in total. The van der Waals surface area contributed by atoms with Crippen molar-refractivity contribution in [1.29, 1.82) is 0 Å². The number of para-hydroxylation sites is 2. The van der Waals surface area contributed by atoms with Crippen molar-refractivity contribution < 1.29 is 28.3 Å². The Morgan fingerprint density at radius 2 is 1.94 bits per heavy atom. The summed E-state index contributed by atoms with van der Waals surface area (Å²) in [5.41, 5.74) is 0.430. The van der Waals surface area contributed by atoms with E-state index in [0.717, 1.165) is 0 Å². The van der Waals surface area contributed by atoms with Crippen molar-refractivity contribution in [3.63, 3.8) is 0 Å². The summed E-state index contributed by atoms with van der Waals surface area (Å²) >= 11 is -2.86. The van der Waals surface area contributed by atoms with Gasteiger partial charge in [-0.25, -0.2) is 4.21 Å². The van der Waals surface area contributed by atoms with E-state index < -0.39 is 17.3 Å². The van der Waals surface area contributed by atoms with Gasteiger partial charge in [0.1, 0.15) is 12.3 Å². The number of aromatic hydroxyl groups is 1. The van der Waals surface area contributed by atoms with Crippen molar-refractivity contribution in [3.05, 3.63) is 24.3 Å². The molecule has 1 atom stereocenters. The lowest BCUT2D eigenvalue weighted by Crippen LogP contribution is -2.12. The molecule has 8 heteroatoms. The van der Waals surface area contributed by atoms with Crippen LogP contribution in [0.4, 0.5) is 5.69 Å². The first-order valence-corrected chi connectivity index (χ1v) is 4.98. The van der Waals surface area contributed by atoms with Gasteiger partial charge in [0.2, 0.25) is 0 Å². The molecule has 0 aliphatic carbocycles. The van der Waals surface area contributed by atoms with Crippen LogP contribution in [0.15, 0.2) is 24.3 Å². The normalized spacial score (nSPS) is 10.9. The number of rotatable bonds is 3. The molecule has 0 radical (unpaired) electrons. The lowest BCUT2D eigenvalue weighted by atomic mass is 10.3. The van der Waals surface area contributed by atoms with Gasteiger partial charge in [-0.1, -0.05) is 12.1 Å². The molecule has 90 valence electrons. The van der Waals surface area contributed by atoms with E-state index in [9.17, 15) is 4.79 Å². The minimum atomic E-state index is -2.86. The molecule has 0 saturated carbocycles. The molecule has 0 amide bonds. The lowest BCUT2D eigenvalue weighted by molar-refractivity contribution is -0.134. The average molecular weight is 248 g/mol. The second kappa shape index (κ2) is 7.63. The molecule has 0 fully saturated rings. The van der Waals surface area contributed by atoms with E-state index in [1.807, 2.05) is 0 Å². The Kier molecular flexibility index (Phi) is 6.84. The van der Waals surface area contributed by atoms with Gasteiger partial charge in [-0.3, -0.25) is 4.79 Å². The van der Waals surface area contributed by atoms with E-state index in [0.29, 0.717) is 5.69 Å². The molecule has 1 aromatic rings. The minimum absolute atomic E-state index is 0.0544. The first-order chi connectivity index (χ1) is 7.43. The summed E-state index contributed by atoms with van der Waals surface area (Å²) in [4.78, 5) is 10.1. The van der Waals surface area contributed by atoms with Crippen LogP contribution < -0.4 is 5.32 Å². The average Bonchev–Trinajstić information content (AvgIpc) is 2.15. The number of phenols is 1. The zero-order valence-corrected chi connectivity index (χ0v) is 8.81. The number of carboxylic acids is 1. The summed E-state index contributed by atoms with van der Waals surface area (Å²) in [6, 6.07) is 6.48. The Morgan fingerprint density at radius 3 is 2.38 bits per heavy atom. The van der Waals surface area contributed by atoms with E-state index >= 15 is 0 Å². The Bertz CT molecular complexity index is 365. The zero-order chi connectivity index (χ0) is 12.6. The first kappa shape index (κ1) is 14.4. The zero-order valence-electron chi connectivity index (χ0n) is 7.99. The summed E-state index contributed by atoms with van der Waals surface area (Å²) in [6.07, 6.45) is 0. The van der Waals surface area contributed by atoms with Crippen LogP contribution in [-0.4, -0.2) is 36.0 Å². The monoisotopic (exact) mass is 248 g/mol. The smallest absolute Gasteiger partial charge is 0.322 e. The molecule has 0 aromatic heterocycles. The highest BCUT2D eigenvalue weighted by atomic mass is 32.2. The number of aliphatic carboxylic acids is 1. The highest BCUT2D eigenvalue weighted by Crippen LogP contribution is 2.20. The van der Waals surface area contributed by atoms with Gasteiger partial charge >= 0.3 is 5.97 Å². The van der Waals surface area contributed by atoms with E-state index in [4.69, 9.17) is 23.5 Å². The Labute approximate surface area is 93.8 Å². The molecule has 0 aliphatic heterocycles. The van der Waals surface area contributed by atoms with Crippen molar-refractivity contribution in [3.8, 4) is 5.75 Å². The summed E-state index contributed by atoms with van der Waals surface area (Å²) in [5, 5.41) is 20.1. The Hall–Kier alpha value is -1.64. The predicted octanol–water partition coefficient (Wildman–Crippen LogP) is 0.227.